The van der Waals surface area contributed by atoms with Crippen molar-refractivity contribution in [2.24, 2.45) is 0 Å². The van der Waals surface area contributed by atoms with Crippen molar-refractivity contribution < 1.29 is 4.79 Å². The summed E-state index contributed by atoms with van der Waals surface area (Å²) in [5.74, 6) is -0.116. The summed E-state index contributed by atoms with van der Waals surface area (Å²) in [5, 5.41) is 14.3. The number of hydrogen-bond acceptors (Lipinski definition) is 3. The SMILES string of the molecule is CC1NCCCC1NC(=O)c1n[nH]c2ccc(Br)cc12.Cl. The summed E-state index contributed by atoms with van der Waals surface area (Å²) in [7, 11) is 0. The molecule has 2 atom stereocenters. The first-order valence-electron chi connectivity index (χ1n) is 6.83. The second-order valence-electron chi connectivity index (χ2n) is 5.23. The first-order valence-corrected chi connectivity index (χ1v) is 7.62. The van der Waals surface area contributed by atoms with E-state index < -0.39 is 0 Å². The number of hydrogen-bond donors (Lipinski definition) is 3. The third kappa shape index (κ3) is 3.39. The summed E-state index contributed by atoms with van der Waals surface area (Å²) in [6, 6.07) is 6.21. The first-order chi connectivity index (χ1) is 9.65. The highest BCUT2D eigenvalue weighted by molar-refractivity contribution is 9.10. The molecule has 1 aliphatic rings. The van der Waals surface area contributed by atoms with Crippen LogP contribution in [0.3, 0.4) is 0 Å². The van der Waals surface area contributed by atoms with Crippen LogP contribution >= 0.6 is 28.3 Å². The number of nitrogens with zero attached hydrogens (tertiary/aromatic N) is 1. The van der Waals surface area contributed by atoms with Crippen LogP contribution in [0.5, 0.6) is 0 Å². The molecule has 0 spiro atoms. The lowest BCUT2D eigenvalue weighted by Gasteiger charge is -2.30. The Hall–Kier alpha value is -1.11. The number of fused-ring (bicyclic) bond motifs is 1. The molecule has 5 nitrogen and oxygen atoms in total. The topological polar surface area (TPSA) is 69.8 Å². The van der Waals surface area contributed by atoms with Gasteiger partial charge in [0.05, 0.1) is 5.52 Å². The highest BCUT2D eigenvalue weighted by Gasteiger charge is 2.24. The lowest BCUT2D eigenvalue weighted by molar-refractivity contribution is 0.0916. The Morgan fingerprint density at radius 2 is 2.29 bits per heavy atom. The maximum Gasteiger partial charge on any atom is 0.272 e. The van der Waals surface area contributed by atoms with E-state index in [-0.39, 0.29) is 24.4 Å². The van der Waals surface area contributed by atoms with Gasteiger partial charge in [-0.2, -0.15) is 5.10 Å². The Morgan fingerprint density at radius 1 is 1.48 bits per heavy atom. The largest absolute Gasteiger partial charge is 0.346 e. The average Bonchev–Trinajstić information content (AvgIpc) is 2.84. The van der Waals surface area contributed by atoms with Crippen molar-refractivity contribution in [3.63, 3.8) is 0 Å². The van der Waals surface area contributed by atoms with Gasteiger partial charge in [0.1, 0.15) is 0 Å². The van der Waals surface area contributed by atoms with Crippen LogP contribution in [0.15, 0.2) is 22.7 Å². The Labute approximate surface area is 137 Å². The van der Waals surface area contributed by atoms with Crippen LogP contribution in [0, 0.1) is 0 Å². The van der Waals surface area contributed by atoms with E-state index in [9.17, 15) is 4.79 Å². The molecular formula is C14H18BrClN4O. The highest BCUT2D eigenvalue weighted by atomic mass is 79.9. The van der Waals surface area contributed by atoms with Crippen molar-refractivity contribution in [2.75, 3.05) is 6.54 Å². The molecular weight excluding hydrogens is 356 g/mol. The molecule has 21 heavy (non-hydrogen) atoms. The van der Waals surface area contributed by atoms with Crippen LogP contribution in [0.25, 0.3) is 10.9 Å². The molecule has 7 heteroatoms. The Bertz CT molecular complexity index is 645. The number of halogens is 2. The number of carbonyl (C=O) groups is 1. The van der Waals surface area contributed by atoms with E-state index >= 15 is 0 Å². The van der Waals surface area contributed by atoms with Crippen LogP contribution in [0.4, 0.5) is 0 Å². The van der Waals surface area contributed by atoms with E-state index in [1.54, 1.807) is 0 Å². The van der Waals surface area contributed by atoms with Gasteiger partial charge in [0.15, 0.2) is 5.69 Å². The first kappa shape index (κ1) is 16.3. The number of amides is 1. The van der Waals surface area contributed by atoms with Crippen molar-refractivity contribution in [3.8, 4) is 0 Å². The van der Waals surface area contributed by atoms with Gasteiger partial charge in [-0.1, -0.05) is 15.9 Å². The molecule has 1 saturated heterocycles. The molecule has 1 fully saturated rings. The van der Waals surface area contributed by atoms with Crippen LogP contribution in [-0.2, 0) is 0 Å². The maximum atomic E-state index is 12.4. The maximum absolute atomic E-state index is 12.4. The lowest BCUT2D eigenvalue weighted by atomic mass is 9.99. The zero-order chi connectivity index (χ0) is 14.1. The van der Waals surface area contributed by atoms with Gasteiger partial charge in [-0.25, -0.2) is 0 Å². The molecule has 3 N–H and O–H groups in total. The van der Waals surface area contributed by atoms with Crippen molar-refractivity contribution in [1.29, 1.82) is 0 Å². The van der Waals surface area contributed by atoms with Gasteiger partial charge < -0.3 is 10.6 Å². The molecule has 114 valence electrons. The highest BCUT2D eigenvalue weighted by Crippen LogP contribution is 2.21. The third-order valence-electron chi connectivity index (χ3n) is 3.82. The number of nitrogens with one attached hydrogen (secondary N) is 3. The molecule has 1 aromatic carbocycles. The van der Waals surface area contributed by atoms with Crippen LogP contribution in [0.2, 0.25) is 0 Å². The van der Waals surface area contributed by atoms with Gasteiger partial charge in [0, 0.05) is 21.9 Å². The minimum atomic E-state index is -0.116. The van der Waals surface area contributed by atoms with E-state index in [1.165, 1.54) is 0 Å². The fourth-order valence-corrected chi connectivity index (χ4v) is 3.00. The minimum Gasteiger partial charge on any atom is -0.346 e. The predicted octanol–water partition coefficient (Wildman–Crippen LogP) is 2.62. The molecule has 1 amide bonds. The summed E-state index contributed by atoms with van der Waals surface area (Å²) in [4.78, 5) is 12.4. The third-order valence-corrected chi connectivity index (χ3v) is 4.31. The molecule has 1 aromatic heterocycles. The van der Waals surface area contributed by atoms with Gasteiger partial charge in [-0.3, -0.25) is 9.89 Å². The Kier molecular flexibility index (Phi) is 5.24. The summed E-state index contributed by atoms with van der Waals surface area (Å²) >= 11 is 3.43. The molecule has 2 heterocycles. The van der Waals surface area contributed by atoms with Crippen LogP contribution in [-0.4, -0.2) is 34.7 Å². The molecule has 1 aliphatic heterocycles. The zero-order valence-corrected chi connectivity index (χ0v) is 14.1. The van der Waals surface area contributed by atoms with E-state index in [4.69, 9.17) is 0 Å². The Morgan fingerprint density at radius 3 is 3.05 bits per heavy atom. The van der Waals surface area contributed by atoms with Crippen LogP contribution < -0.4 is 10.6 Å². The fourth-order valence-electron chi connectivity index (χ4n) is 2.64. The molecule has 3 rings (SSSR count). The quantitative estimate of drug-likeness (QED) is 0.758. The average molecular weight is 374 g/mol. The standard InChI is InChI=1S/C14H17BrN4O.ClH/c1-8-11(3-2-6-16-8)17-14(20)13-10-7-9(15)4-5-12(10)18-19-13;/h4-5,7-8,11,16H,2-3,6H2,1H3,(H,17,20)(H,18,19);1H. The Balaban J connectivity index is 0.00000161. The summed E-state index contributed by atoms with van der Waals surface area (Å²) in [6.07, 6.45) is 2.09. The summed E-state index contributed by atoms with van der Waals surface area (Å²) in [5.41, 5.74) is 1.33. The second kappa shape index (κ2) is 6.77. The van der Waals surface area contributed by atoms with Gasteiger partial charge in [0.25, 0.3) is 5.91 Å². The lowest BCUT2D eigenvalue weighted by Crippen LogP contribution is -2.52. The number of H-pyrrole nitrogens is 1. The number of benzene rings is 1. The summed E-state index contributed by atoms with van der Waals surface area (Å²) in [6.45, 7) is 3.12. The van der Waals surface area contributed by atoms with E-state index in [1.807, 2.05) is 18.2 Å². The molecule has 2 aromatic rings. The van der Waals surface area contributed by atoms with Gasteiger partial charge in [-0.15, -0.1) is 12.4 Å². The van der Waals surface area contributed by atoms with E-state index in [0.717, 1.165) is 34.8 Å². The number of aromatic nitrogens is 2. The van der Waals surface area contributed by atoms with Crippen molar-refractivity contribution in [2.45, 2.75) is 31.8 Å². The number of piperidine rings is 1. The van der Waals surface area contributed by atoms with Crippen molar-refractivity contribution >= 4 is 45.1 Å². The van der Waals surface area contributed by atoms with Gasteiger partial charge in [0.2, 0.25) is 0 Å². The fraction of sp³-hybridized carbons (Fsp3) is 0.429. The van der Waals surface area contributed by atoms with E-state index in [0.29, 0.717) is 11.7 Å². The number of rotatable bonds is 2. The smallest absolute Gasteiger partial charge is 0.272 e. The van der Waals surface area contributed by atoms with Crippen LogP contribution in [0.1, 0.15) is 30.3 Å². The number of aromatic amines is 1. The van der Waals surface area contributed by atoms with Crippen molar-refractivity contribution in [1.82, 2.24) is 20.8 Å². The van der Waals surface area contributed by atoms with Crippen molar-refractivity contribution in [3.05, 3.63) is 28.4 Å². The van der Waals surface area contributed by atoms with Gasteiger partial charge in [-0.05, 0) is 44.5 Å². The molecule has 0 radical (unpaired) electrons. The van der Waals surface area contributed by atoms with Gasteiger partial charge >= 0.3 is 0 Å². The predicted molar refractivity (Wildman–Crippen MR) is 89.0 cm³/mol. The normalized spacial score (nSPS) is 21.8. The number of carbonyl (C=O) groups excluding carboxylic acids is 1. The molecule has 0 saturated carbocycles. The molecule has 2 unspecified atom stereocenters. The summed E-state index contributed by atoms with van der Waals surface area (Å²) < 4.78 is 0.938. The molecule has 0 aliphatic carbocycles. The minimum absolute atomic E-state index is 0. The second-order valence-corrected chi connectivity index (χ2v) is 6.14. The van der Waals surface area contributed by atoms with E-state index in [2.05, 4.69) is 43.7 Å². The zero-order valence-electron chi connectivity index (χ0n) is 11.6. The molecule has 0 bridgehead atoms. The monoisotopic (exact) mass is 372 g/mol.